The number of rotatable bonds is 2. The number of halogens is 1. The molecule has 0 saturated carbocycles. The Bertz CT molecular complexity index is 811. The second kappa shape index (κ2) is 6.05. The van der Waals surface area contributed by atoms with E-state index in [2.05, 4.69) is 10.6 Å². The third-order valence-corrected chi connectivity index (χ3v) is 4.93. The molecule has 2 saturated heterocycles. The van der Waals surface area contributed by atoms with Crippen molar-refractivity contribution in [3.63, 3.8) is 0 Å². The van der Waals surface area contributed by atoms with Gasteiger partial charge in [0, 0.05) is 10.7 Å². The van der Waals surface area contributed by atoms with Gasteiger partial charge in [0.05, 0.1) is 6.42 Å². The zero-order valence-electron chi connectivity index (χ0n) is 13.9. The summed E-state index contributed by atoms with van der Waals surface area (Å²) in [4.78, 5) is 37.4. The number of carbonyl (C=O) groups excluding carboxylic acids is 3. The summed E-state index contributed by atoms with van der Waals surface area (Å²) in [5, 5.41) is 8.43. The first-order valence-electron chi connectivity index (χ1n) is 7.67. The summed E-state index contributed by atoms with van der Waals surface area (Å²) in [6, 6.07) is 4.31. The molecule has 1 atom stereocenters. The summed E-state index contributed by atoms with van der Waals surface area (Å²) in [6.07, 6.45) is -0.0655. The molecule has 3 amide bonds. The van der Waals surface area contributed by atoms with Crippen LogP contribution in [0.3, 0.4) is 0 Å². The van der Waals surface area contributed by atoms with Gasteiger partial charge in [-0.3, -0.25) is 19.7 Å². The lowest BCUT2D eigenvalue weighted by atomic mass is 10.00. The van der Waals surface area contributed by atoms with Crippen molar-refractivity contribution < 1.29 is 14.4 Å². The summed E-state index contributed by atoms with van der Waals surface area (Å²) >= 11 is 11.1. The maximum Gasteiger partial charge on any atom is 0.248 e. The molecule has 2 aliphatic rings. The Morgan fingerprint density at radius 3 is 2.76 bits per heavy atom. The van der Waals surface area contributed by atoms with Gasteiger partial charge in [0.15, 0.2) is 5.11 Å². The molecule has 2 heterocycles. The zero-order valence-corrected chi connectivity index (χ0v) is 15.5. The van der Waals surface area contributed by atoms with Crippen molar-refractivity contribution in [2.75, 3.05) is 5.32 Å². The number of fused-ring (bicyclic) bond motifs is 1. The highest BCUT2D eigenvalue weighted by Gasteiger charge is 2.56. The molecule has 0 bridgehead atoms. The van der Waals surface area contributed by atoms with Gasteiger partial charge >= 0.3 is 0 Å². The maximum atomic E-state index is 12.8. The molecule has 0 unspecified atom stereocenters. The number of nitrogens with zero attached hydrogens (tertiary/aromatic N) is 2. The van der Waals surface area contributed by atoms with E-state index in [1.165, 1.54) is 10.0 Å². The Morgan fingerprint density at radius 2 is 2.08 bits per heavy atom. The molecule has 0 spiro atoms. The maximum absolute atomic E-state index is 12.8. The molecule has 7 nitrogen and oxygen atoms in total. The first-order chi connectivity index (χ1) is 11.6. The van der Waals surface area contributed by atoms with Crippen molar-refractivity contribution in [2.45, 2.75) is 38.8 Å². The molecule has 2 aliphatic heterocycles. The molecule has 0 radical (unpaired) electrons. The van der Waals surface area contributed by atoms with Crippen LogP contribution in [0.4, 0.5) is 5.69 Å². The van der Waals surface area contributed by atoms with Crippen molar-refractivity contribution >= 4 is 52.3 Å². The average Bonchev–Trinajstić information content (AvgIpc) is 2.88. The van der Waals surface area contributed by atoms with Crippen LogP contribution in [0, 0.1) is 6.92 Å². The monoisotopic (exact) mass is 380 g/mol. The van der Waals surface area contributed by atoms with E-state index in [9.17, 15) is 14.4 Å². The summed E-state index contributed by atoms with van der Waals surface area (Å²) in [7, 11) is 0. The van der Waals surface area contributed by atoms with Gasteiger partial charge in [-0.25, -0.2) is 5.01 Å². The minimum absolute atomic E-state index is 0.0106. The number of aryl methyl sites for hydroxylation is 1. The summed E-state index contributed by atoms with van der Waals surface area (Å²) in [5.74, 6) is -1.09. The summed E-state index contributed by atoms with van der Waals surface area (Å²) < 4.78 is 0. The summed E-state index contributed by atoms with van der Waals surface area (Å²) in [5.41, 5.74) is 0.301. The molecule has 2 N–H and O–H groups in total. The molecule has 25 heavy (non-hydrogen) atoms. The van der Waals surface area contributed by atoms with Crippen LogP contribution in [0.15, 0.2) is 18.2 Å². The van der Waals surface area contributed by atoms with E-state index >= 15 is 0 Å². The van der Waals surface area contributed by atoms with Gasteiger partial charge in [-0.05, 0) is 50.7 Å². The van der Waals surface area contributed by atoms with Crippen LogP contribution in [-0.4, -0.2) is 44.4 Å². The highest BCUT2D eigenvalue weighted by molar-refractivity contribution is 7.80. The highest BCUT2D eigenvalue weighted by atomic mass is 35.5. The largest absolute Gasteiger partial charge is 0.324 e. The Hall–Kier alpha value is -2.03. The number of hydrogen-bond acceptors (Lipinski definition) is 5. The molecule has 1 aromatic carbocycles. The molecule has 3 rings (SSSR count). The van der Waals surface area contributed by atoms with Crippen molar-refractivity contribution in [1.82, 2.24) is 15.3 Å². The molecular formula is C16H17ClN4O3S. The van der Waals surface area contributed by atoms with Crippen molar-refractivity contribution in [2.24, 2.45) is 0 Å². The molecule has 0 aromatic heterocycles. The molecular weight excluding hydrogens is 364 g/mol. The zero-order chi connectivity index (χ0) is 18.5. The lowest BCUT2D eigenvalue weighted by Crippen LogP contribution is -2.71. The van der Waals surface area contributed by atoms with Gasteiger partial charge in [0.1, 0.15) is 11.6 Å². The minimum atomic E-state index is -1.10. The van der Waals surface area contributed by atoms with Crippen LogP contribution in [-0.2, 0) is 14.4 Å². The highest BCUT2D eigenvalue weighted by Crippen LogP contribution is 2.33. The number of amides is 3. The molecule has 132 valence electrons. The lowest BCUT2D eigenvalue weighted by Gasteiger charge is -2.45. The number of nitrogens with one attached hydrogen (secondary N) is 2. The Morgan fingerprint density at radius 1 is 1.40 bits per heavy atom. The van der Waals surface area contributed by atoms with E-state index in [1.807, 2.05) is 6.92 Å². The topological polar surface area (TPSA) is 81.8 Å². The van der Waals surface area contributed by atoms with Gasteiger partial charge in [-0.1, -0.05) is 17.7 Å². The number of hydrogen-bond donors (Lipinski definition) is 2. The number of hydrazine groups is 1. The predicted octanol–water partition coefficient (Wildman–Crippen LogP) is 1.60. The molecule has 0 aliphatic carbocycles. The van der Waals surface area contributed by atoms with Crippen LogP contribution in [0.2, 0.25) is 5.02 Å². The second-order valence-corrected chi connectivity index (χ2v) is 7.36. The van der Waals surface area contributed by atoms with Crippen LogP contribution in [0.5, 0.6) is 0 Å². The predicted molar refractivity (Wildman–Crippen MR) is 96.7 cm³/mol. The van der Waals surface area contributed by atoms with Gasteiger partial charge < -0.3 is 5.32 Å². The van der Waals surface area contributed by atoms with Gasteiger partial charge in [0.2, 0.25) is 17.7 Å². The van der Waals surface area contributed by atoms with Crippen LogP contribution in [0.25, 0.3) is 0 Å². The molecule has 9 heteroatoms. The standard InChI is InChI=1S/C16H17ClN4O3S/c1-8-4-5-9(17)6-10(8)18-13(23)11-7-12(22)20-15(25)19-14(24)16(2,3)21(11)20/h4-6,11H,7H2,1-3H3,(H,18,23)(H,19,24,25)/t11-/m0/s1. The Labute approximate surface area is 155 Å². The number of carbonyl (C=O) groups is 3. The first-order valence-corrected chi connectivity index (χ1v) is 8.46. The van der Waals surface area contributed by atoms with E-state index in [0.717, 1.165) is 5.56 Å². The molecule has 1 aromatic rings. The third-order valence-electron chi connectivity index (χ3n) is 4.42. The third kappa shape index (κ3) is 2.90. The fourth-order valence-electron chi connectivity index (χ4n) is 3.00. The van der Waals surface area contributed by atoms with Crippen LogP contribution < -0.4 is 10.6 Å². The van der Waals surface area contributed by atoms with E-state index < -0.39 is 17.5 Å². The Balaban J connectivity index is 1.92. The van der Waals surface area contributed by atoms with Crippen molar-refractivity contribution in [1.29, 1.82) is 0 Å². The Kier molecular flexibility index (Phi) is 4.30. The quantitative estimate of drug-likeness (QED) is 0.761. The van der Waals surface area contributed by atoms with Crippen LogP contribution >= 0.6 is 23.8 Å². The van der Waals surface area contributed by atoms with Crippen LogP contribution in [0.1, 0.15) is 25.8 Å². The average molecular weight is 381 g/mol. The first kappa shape index (κ1) is 17.8. The minimum Gasteiger partial charge on any atom is -0.324 e. The fourth-order valence-corrected chi connectivity index (χ4v) is 3.46. The SMILES string of the molecule is Cc1ccc(Cl)cc1NC(=O)[C@@H]1CC(=O)N2C(=S)NC(=O)C(C)(C)N12. The molecule has 2 fully saturated rings. The van der Waals surface area contributed by atoms with Gasteiger partial charge in [-0.2, -0.15) is 5.01 Å². The van der Waals surface area contributed by atoms with Gasteiger partial charge in [0.25, 0.3) is 0 Å². The number of thiocarbonyl (C=S) groups is 1. The van der Waals surface area contributed by atoms with E-state index in [4.69, 9.17) is 23.8 Å². The van der Waals surface area contributed by atoms with E-state index in [1.54, 1.807) is 32.0 Å². The smallest absolute Gasteiger partial charge is 0.248 e. The summed E-state index contributed by atoms with van der Waals surface area (Å²) in [6.45, 7) is 5.12. The lowest BCUT2D eigenvalue weighted by molar-refractivity contribution is -0.154. The fraction of sp³-hybridized carbons (Fsp3) is 0.375. The van der Waals surface area contributed by atoms with E-state index in [-0.39, 0.29) is 23.3 Å². The van der Waals surface area contributed by atoms with E-state index in [0.29, 0.717) is 10.7 Å². The number of anilines is 1. The van der Waals surface area contributed by atoms with Crippen molar-refractivity contribution in [3.8, 4) is 0 Å². The van der Waals surface area contributed by atoms with Crippen molar-refractivity contribution in [3.05, 3.63) is 28.8 Å². The normalized spacial score (nSPS) is 22.6. The second-order valence-electron chi connectivity index (χ2n) is 6.54. The number of benzene rings is 1. The van der Waals surface area contributed by atoms with Gasteiger partial charge in [-0.15, -0.1) is 0 Å².